The standard InChI is InChI=1S/C17H17ClN6O/c1-12(25)22-4-6-23(7-5-22)16-8-13(2-3-19-16)15-11-20-17-9-14(18)10-21-24(15)17/h2-3,8-11H,4-7H2,1H3. The minimum atomic E-state index is 0.122. The van der Waals surface area contributed by atoms with E-state index in [1.165, 1.54) is 0 Å². The molecule has 1 aliphatic heterocycles. The van der Waals surface area contributed by atoms with Crippen LogP contribution in [0.3, 0.4) is 0 Å². The normalized spacial score (nSPS) is 15.0. The molecule has 0 bridgehead atoms. The van der Waals surface area contributed by atoms with Gasteiger partial charge >= 0.3 is 0 Å². The monoisotopic (exact) mass is 356 g/mol. The second-order valence-electron chi connectivity index (χ2n) is 5.98. The molecule has 3 aromatic heterocycles. The van der Waals surface area contributed by atoms with Crippen LogP contribution in [0.1, 0.15) is 6.92 Å². The third-order valence-corrected chi connectivity index (χ3v) is 4.62. The highest BCUT2D eigenvalue weighted by atomic mass is 35.5. The quantitative estimate of drug-likeness (QED) is 0.703. The Labute approximate surface area is 149 Å². The number of aromatic nitrogens is 4. The van der Waals surface area contributed by atoms with Crippen LogP contribution in [-0.4, -0.2) is 56.6 Å². The van der Waals surface area contributed by atoms with Gasteiger partial charge in [-0.3, -0.25) is 4.79 Å². The number of imidazole rings is 1. The molecular weight excluding hydrogens is 340 g/mol. The molecule has 0 N–H and O–H groups in total. The number of nitrogens with zero attached hydrogens (tertiary/aromatic N) is 6. The van der Waals surface area contributed by atoms with Gasteiger partial charge in [0.25, 0.3) is 0 Å². The van der Waals surface area contributed by atoms with E-state index in [9.17, 15) is 4.79 Å². The maximum atomic E-state index is 11.5. The van der Waals surface area contributed by atoms with E-state index in [-0.39, 0.29) is 5.91 Å². The van der Waals surface area contributed by atoms with Gasteiger partial charge in [-0.25, -0.2) is 14.5 Å². The number of pyridine rings is 1. The molecule has 7 nitrogen and oxygen atoms in total. The molecule has 0 spiro atoms. The summed E-state index contributed by atoms with van der Waals surface area (Å²) in [5.74, 6) is 1.02. The van der Waals surface area contributed by atoms with Gasteiger partial charge in [-0.1, -0.05) is 11.6 Å². The molecule has 0 aliphatic carbocycles. The van der Waals surface area contributed by atoms with Crippen molar-refractivity contribution in [1.29, 1.82) is 0 Å². The van der Waals surface area contributed by atoms with E-state index in [1.54, 1.807) is 36.1 Å². The highest BCUT2D eigenvalue weighted by Gasteiger charge is 2.20. The van der Waals surface area contributed by atoms with Gasteiger partial charge in [0.05, 0.1) is 23.1 Å². The number of fused-ring (bicyclic) bond motifs is 1. The van der Waals surface area contributed by atoms with Crippen LogP contribution in [0.25, 0.3) is 16.9 Å². The van der Waals surface area contributed by atoms with Crippen LogP contribution in [0.15, 0.2) is 36.8 Å². The van der Waals surface area contributed by atoms with Gasteiger partial charge < -0.3 is 9.80 Å². The summed E-state index contributed by atoms with van der Waals surface area (Å²) in [4.78, 5) is 24.4. The molecule has 1 amide bonds. The number of amides is 1. The first kappa shape index (κ1) is 15.8. The van der Waals surface area contributed by atoms with Crippen molar-refractivity contribution in [3.8, 4) is 11.3 Å². The van der Waals surface area contributed by atoms with Crippen molar-refractivity contribution in [2.45, 2.75) is 6.92 Å². The van der Waals surface area contributed by atoms with Crippen LogP contribution in [0.4, 0.5) is 5.82 Å². The lowest BCUT2D eigenvalue weighted by atomic mass is 10.2. The summed E-state index contributed by atoms with van der Waals surface area (Å²) in [5.41, 5.74) is 2.58. The van der Waals surface area contributed by atoms with E-state index in [1.807, 2.05) is 17.0 Å². The Morgan fingerprint density at radius 1 is 1.12 bits per heavy atom. The van der Waals surface area contributed by atoms with E-state index in [0.717, 1.165) is 43.3 Å². The molecule has 0 radical (unpaired) electrons. The topological polar surface area (TPSA) is 66.6 Å². The van der Waals surface area contributed by atoms with Gasteiger partial charge in [0.15, 0.2) is 5.65 Å². The number of carbonyl (C=O) groups excluding carboxylic acids is 1. The fraction of sp³-hybridized carbons (Fsp3) is 0.294. The molecule has 4 heterocycles. The third-order valence-electron chi connectivity index (χ3n) is 4.42. The van der Waals surface area contributed by atoms with Gasteiger partial charge in [0.1, 0.15) is 5.82 Å². The fourth-order valence-electron chi connectivity index (χ4n) is 3.05. The number of piperazine rings is 1. The van der Waals surface area contributed by atoms with Crippen LogP contribution >= 0.6 is 11.6 Å². The van der Waals surface area contributed by atoms with Crippen molar-refractivity contribution >= 4 is 29.0 Å². The molecular formula is C17H17ClN6O. The van der Waals surface area contributed by atoms with Crippen LogP contribution in [0.2, 0.25) is 5.02 Å². The van der Waals surface area contributed by atoms with Crippen molar-refractivity contribution in [3.63, 3.8) is 0 Å². The van der Waals surface area contributed by atoms with Crippen molar-refractivity contribution < 1.29 is 4.79 Å². The largest absolute Gasteiger partial charge is 0.353 e. The van der Waals surface area contributed by atoms with Crippen LogP contribution in [0, 0.1) is 0 Å². The maximum absolute atomic E-state index is 11.5. The van der Waals surface area contributed by atoms with Crippen molar-refractivity contribution in [3.05, 3.63) is 41.8 Å². The molecule has 0 aromatic carbocycles. The zero-order valence-electron chi connectivity index (χ0n) is 13.8. The van der Waals surface area contributed by atoms with Crippen LogP contribution in [0.5, 0.6) is 0 Å². The smallest absolute Gasteiger partial charge is 0.219 e. The lowest BCUT2D eigenvalue weighted by Gasteiger charge is -2.35. The van der Waals surface area contributed by atoms with E-state index in [4.69, 9.17) is 11.6 Å². The Morgan fingerprint density at radius 3 is 2.68 bits per heavy atom. The van der Waals surface area contributed by atoms with Crippen LogP contribution < -0.4 is 4.90 Å². The Morgan fingerprint density at radius 2 is 1.92 bits per heavy atom. The Kier molecular flexibility index (Phi) is 4.01. The number of rotatable bonds is 2. The maximum Gasteiger partial charge on any atom is 0.219 e. The average molecular weight is 357 g/mol. The molecule has 25 heavy (non-hydrogen) atoms. The highest BCUT2D eigenvalue weighted by Crippen LogP contribution is 2.24. The van der Waals surface area contributed by atoms with Crippen LogP contribution in [-0.2, 0) is 4.79 Å². The summed E-state index contributed by atoms with van der Waals surface area (Å²) >= 11 is 5.97. The summed E-state index contributed by atoms with van der Waals surface area (Å²) in [5, 5.41) is 4.89. The van der Waals surface area contributed by atoms with E-state index in [0.29, 0.717) is 10.7 Å². The molecule has 1 saturated heterocycles. The van der Waals surface area contributed by atoms with Crippen molar-refractivity contribution in [2.24, 2.45) is 0 Å². The number of hydrogen-bond donors (Lipinski definition) is 0. The Balaban J connectivity index is 1.62. The molecule has 0 unspecified atom stereocenters. The number of carbonyl (C=O) groups is 1. The second kappa shape index (κ2) is 6.33. The summed E-state index contributed by atoms with van der Waals surface area (Å²) < 4.78 is 1.76. The predicted molar refractivity (Wildman–Crippen MR) is 95.7 cm³/mol. The second-order valence-corrected chi connectivity index (χ2v) is 6.42. The molecule has 3 aromatic rings. The summed E-state index contributed by atoms with van der Waals surface area (Å²) in [6, 6.07) is 5.75. The number of hydrogen-bond acceptors (Lipinski definition) is 5. The van der Waals surface area contributed by atoms with Gasteiger partial charge in [-0.15, -0.1) is 0 Å². The molecule has 4 rings (SSSR count). The third kappa shape index (κ3) is 3.02. The predicted octanol–water partition coefficient (Wildman–Crippen LogP) is 2.11. The van der Waals surface area contributed by atoms with E-state index >= 15 is 0 Å². The lowest BCUT2D eigenvalue weighted by molar-refractivity contribution is -0.129. The zero-order valence-corrected chi connectivity index (χ0v) is 14.5. The molecule has 1 fully saturated rings. The highest BCUT2D eigenvalue weighted by molar-refractivity contribution is 6.30. The minimum Gasteiger partial charge on any atom is -0.353 e. The number of anilines is 1. The first-order valence-electron chi connectivity index (χ1n) is 8.08. The molecule has 8 heteroatoms. The summed E-state index contributed by atoms with van der Waals surface area (Å²) in [6.45, 7) is 4.60. The van der Waals surface area contributed by atoms with E-state index in [2.05, 4.69) is 20.0 Å². The number of halogens is 1. The van der Waals surface area contributed by atoms with Gasteiger partial charge in [-0.2, -0.15) is 5.10 Å². The Hall–Kier alpha value is -2.67. The van der Waals surface area contributed by atoms with Gasteiger partial charge in [0.2, 0.25) is 5.91 Å². The van der Waals surface area contributed by atoms with Crippen molar-refractivity contribution in [2.75, 3.05) is 31.1 Å². The molecule has 0 atom stereocenters. The Bertz CT molecular complexity index is 932. The minimum absolute atomic E-state index is 0.122. The van der Waals surface area contributed by atoms with Gasteiger partial charge in [-0.05, 0) is 12.1 Å². The molecule has 1 aliphatic rings. The SMILES string of the molecule is CC(=O)N1CCN(c2cc(-c3cnc4cc(Cl)cnn34)ccn2)CC1. The molecule has 128 valence electrons. The van der Waals surface area contributed by atoms with Crippen molar-refractivity contribution in [1.82, 2.24) is 24.5 Å². The van der Waals surface area contributed by atoms with E-state index < -0.39 is 0 Å². The molecule has 0 saturated carbocycles. The zero-order chi connectivity index (χ0) is 17.4. The average Bonchev–Trinajstić information content (AvgIpc) is 3.05. The summed E-state index contributed by atoms with van der Waals surface area (Å²) in [7, 11) is 0. The summed E-state index contributed by atoms with van der Waals surface area (Å²) in [6.07, 6.45) is 5.17. The first-order valence-corrected chi connectivity index (χ1v) is 8.46. The fourth-order valence-corrected chi connectivity index (χ4v) is 3.19. The van der Waals surface area contributed by atoms with Gasteiger partial charge in [0, 0.05) is 50.9 Å². The first-order chi connectivity index (χ1) is 12.1. The lowest BCUT2D eigenvalue weighted by Crippen LogP contribution is -2.48.